The molecular weight excluding hydrogens is 425 g/mol. The molecule has 0 atom stereocenters. The van der Waals surface area contributed by atoms with Crippen LogP contribution in [-0.2, 0) is 98.3 Å². The molecule has 0 aliphatic carbocycles. The van der Waals surface area contributed by atoms with Gasteiger partial charge in [-0.05, 0) is 26.8 Å². The van der Waals surface area contributed by atoms with Crippen LogP contribution in [0.4, 0.5) is 0 Å². The third kappa shape index (κ3) is 6.45. The zero-order valence-corrected chi connectivity index (χ0v) is 18.3. The molecule has 6 heteroatoms. The summed E-state index contributed by atoms with van der Waals surface area (Å²) < 4.78 is 2.28. The van der Waals surface area contributed by atoms with Gasteiger partial charge in [0.1, 0.15) is 0 Å². The maximum Gasteiger partial charge on any atom is 0.0333 e. The van der Waals surface area contributed by atoms with Gasteiger partial charge in [0.05, 0.1) is 0 Å². The van der Waals surface area contributed by atoms with Crippen molar-refractivity contribution in [2.45, 2.75) is 26.3 Å². The van der Waals surface area contributed by atoms with E-state index in [1.54, 1.807) is 0 Å². The van der Waals surface area contributed by atoms with E-state index in [1.807, 2.05) is 0 Å². The van der Waals surface area contributed by atoms with Gasteiger partial charge >= 0.3 is 0 Å². The van der Waals surface area contributed by atoms with Gasteiger partial charge in [0, 0.05) is 104 Å². The smallest absolute Gasteiger partial charge is 0.0333 e. The van der Waals surface area contributed by atoms with Gasteiger partial charge in [0.25, 0.3) is 0 Å². The van der Waals surface area contributed by atoms with E-state index in [1.165, 1.54) is 10.9 Å². The predicted octanol–water partition coefficient (Wildman–Crippen LogP) is 3.57. The SMILES string of the molecule is [CH2-]c1cc2ccccc2n1C(C)(C)C.[V].[V].[V].[V].[V]. The minimum absolute atomic E-state index is 0. The van der Waals surface area contributed by atoms with Crippen LogP contribution in [0.1, 0.15) is 26.5 Å². The fourth-order valence-corrected chi connectivity index (χ4v) is 2.00. The molecule has 0 unspecified atom stereocenters. The summed E-state index contributed by atoms with van der Waals surface area (Å²) in [5.41, 5.74) is 2.45. The summed E-state index contributed by atoms with van der Waals surface area (Å²) in [6.07, 6.45) is 0. The molecule has 0 saturated carbocycles. The molecular formula is C13H16NV5-. The number of rotatable bonds is 0. The second kappa shape index (κ2) is 11.2. The van der Waals surface area contributed by atoms with Crippen molar-refractivity contribution < 1.29 is 92.8 Å². The Kier molecular flexibility index (Phi) is 16.8. The summed E-state index contributed by atoms with van der Waals surface area (Å²) in [4.78, 5) is 0. The van der Waals surface area contributed by atoms with E-state index in [0.717, 1.165) is 5.69 Å². The topological polar surface area (TPSA) is 4.93 Å². The normalized spacial score (nSPS) is 9.00. The van der Waals surface area contributed by atoms with Gasteiger partial charge in [-0.25, -0.2) is 6.92 Å². The first-order valence-electron chi connectivity index (χ1n) is 4.93. The first-order valence-corrected chi connectivity index (χ1v) is 4.93. The Morgan fingerprint density at radius 2 is 1.37 bits per heavy atom. The van der Waals surface area contributed by atoms with Crippen LogP contribution in [0.25, 0.3) is 10.9 Å². The first-order chi connectivity index (χ1) is 6.50. The molecule has 5 radical (unpaired) electrons. The van der Waals surface area contributed by atoms with Crippen LogP contribution in [-0.4, -0.2) is 4.57 Å². The molecule has 0 N–H and O–H groups in total. The summed E-state index contributed by atoms with van der Waals surface area (Å²) in [7, 11) is 0. The van der Waals surface area contributed by atoms with E-state index in [4.69, 9.17) is 0 Å². The van der Waals surface area contributed by atoms with Crippen molar-refractivity contribution in [3.63, 3.8) is 0 Å². The van der Waals surface area contributed by atoms with Crippen molar-refractivity contribution in [2.75, 3.05) is 0 Å². The second-order valence-electron chi connectivity index (χ2n) is 4.70. The van der Waals surface area contributed by atoms with Crippen molar-refractivity contribution >= 4 is 10.9 Å². The molecule has 1 aromatic heterocycles. The van der Waals surface area contributed by atoms with Crippen LogP contribution in [0.5, 0.6) is 0 Å². The maximum absolute atomic E-state index is 4.09. The molecule has 0 aliphatic heterocycles. The summed E-state index contributed by atoms with van der Waals surface area (Å²) in [5, 5.41) is 1.27. The molecule has 0 aliphatic rings. The van der Waals surface area contributed by atoms with Crippen LogP contribution in [0.15, 0.2) is 30.3 Å². The fourth-order valence-electron chi connectivity index (χ4n) is 2.00. The molecule has 0 fully saturated rings. The third-order valence-electron chi connectivity index (χ3n) is 2.46. The third-order valence-corrected chi connectivity index (χ3v) is 2.46. The molecule has 0 bridgehead atoms. The number of benzene rings is 1. The molecule has 19 heavy (non-hydrogen) atoms. The van der Waals surface area contributed by atoms with E-state index < -0.39 is 0 Å². The van der Waals surface area contributed by atoms with E-state index in [-0.39, 0.29) is 98.3 Å². The summed E-state index contributed by atoms with van der Waals surface area (Å²) in [6.45, 7) is 10.7. The Morgan fingerprint density at radius 3 is 1.84 bits per heavy atom. The van der Waals surface area contributed by atoms with Gasteiger partial charge in [-0.15, -0.1) is 5.69 Å². The average Bonchev–Trinajstić information content (AvgIpc) is 2.38. The van der Waals surface area contributed by atoms with Gasteiger partial charge in [-0.3, -0.25) is 0 Å². The number of fused-ring (bicyclic) bond motifs is 1. The molecule has 0 saturated heterocycles. The van der Waals surface area contributed by atoms with Gasteiger partial charge < -0.3 is 4.57 Å². The summed E-state index contributed by atoms with van der Waals surface area (Å²) in [6, 6.07) is 10.6. The molecule has 1 nitrogen and oxygen atoms in total. The minimum Gasteiger partial charge on any atom is -0.372 e. The van der Waals surface area contributed by atoms with Crippen molar-refractivity contribution in [2.24, 2.45) is 0 Å². The first kappa shape index (κ1) is 28.7. The number of hydrogen-bond donors (Lipinski definition) is 0. The van der Waals surface area contributed by atoms with Crippen LogP contribution >= 0.6 is 0 Å². The predicted molar refractivity (Wildman–Crippen MR) is 61.4 cm³/mol. The van der Waals surface area contributed by atoms with E-state index in [2.05, 4.69) is 62.6 Å². The molecule has 1 heterocycles. The van der Waals surface area contributed by atoms with Gasteiger partial charge in [-0.2, -0.15) is 6.07 Å². The standard InChI is InChI=1S/C13H16N.5V/c1-10-9-11-7-5-6-8-12(11)14(10)13(2,3)4;;;;;/h5-9H,1H2,2-4H3;;;;;/q-1;;;;;. The van der Waals surface area contributed by atoms with Gasteiger partial charge in [0.2, 0.25) is 0 Å². The number of para-hydroxylation sites is 1. The Bertz CT molecular complexity index is 473. The maximum atomic E-state index is 4.09. The molecule has 2 aromatic rings. The molecule has 2 rings (SSSR count). The quantitative estimate of drug-likeness (QED) is 0.552. The Balaban J connectivity index is -0.000000225. The molecule has 0 amide bonds. The Hall–Kier alpha value is 1.55. The van der Waals surface area contributed by atoms with Crippen molar-refractivity contribution in [3.8, 4) is 0 Å². The zero-order chi connectivity index (χ0) is 10.3. The van der Waals surface area contributed by atoms with E-state index in [9.17, 15) is 0 Å². The largest absolute Gasteiger partial charge is 0.372 e. The van der Waals surface area contributed by atoms with Crippen LogP contribution in [0.2, 0.25) is 0 Å². The Labute approximate surface area is 175 Å². The van der Waals surface area contributed by atoms with Crippen LogP contribution < -0.4 is 0 Å². The summed E-state index contributed by atoms with van der Waals surface area (Å²) in [5.74, 6) is 0. The average molecular weight is 441 g/mol. The number of hydrogen-bond acceptors (Lipinski definition) is 0. The monoisotopic (exact) mass is 441 g/mol. The van der Waals surface area contributed by atoms with Crippen molar-refractivity contribution in [3.05, 3.63) is 42.9 Å². The molecule has 0 spiro atoms. The summed E-state index contributed by atoms with van der Waals surface area (Å²) >= 11 is 0. The minimum atomic E-state index is 0. The Morgan fingerprint density at radius 1 is 0.895 bits per heavy atom. The fraction of sp³-hybridized carbons (Fsp3) is 0.308. The zero-order valence-electron chi connectivity index (χ0n) is 11.3. The van der Waals surface area contributed by atoms with Crippen LogP contribution in [0.3, 0.4) is 0 Å². The van der Waals surface area contributed by atoms with Crippen LogP contribution in [0, 0.1) is 6.92 Å². The van der Waals surface area contributed by atoms with Gasteiger partial charge in [0.15, 0.2) is 0 Å². The van der Waals surface area contributed by atoms with E-state index in [0.29, 0.717) is 0 Å². The van der Waals surface area contributed by atoms with Crippen molar-refractivity contribution in [1.82, 2.24) is 4.57 Å². The van der Waals surface area contributed by atoms with Crippen molar-refractivity contribution in [1.29, 1.82) is 0 Å². The number of nitrogens with zero attached hydrogens (tertiary/aromatic N) is 1. The second-order valence-corrected chi connectivity index (χ2v) is 4.70. The number of aromatic nitrogens is 1. The van der Waals surface area contributed by atoms with E-state index >= 15 is 0 Å². The molecule has 1 aromatic carbocycles. The van der Waals surface area contributed by atoms with Gasteiger partial charge in [-0.1, -0.05) is 23.6 Å². The molecule has 99 valence electrons.